The number of carbonyl (C=O) groups excluding carboxylic acids is 1. The molecule has 1 amide bonds. The number of amides is 1. The number of halogens is 1. The molecule has 0 radical (unpaired) electrons. The van der Waals surface area contributed by atoms with E-state index in [4.69, 9.17) is 18.0 Å². The lowest BCUT2D eigenvalue weighted by atomic mass is 10.1. The van der Waals surface area contributed by atoms with E-state index in [9.17, 15) is 4.79 Å². The molecule has 0 aliphatic carbocycles. The fraction of sp³-hybridized carbons (Fsp3) is 0.429. The maximum absolute atomic E-state index is 11.9. The number of nitrogens with zero attached hydrogens (tertiary/aromatic N) is 1. The Morgan fingerprint density at radius 3 is 2.75 bits per heavy atom. The smallest absolute Gasteiger partial charge is 0.224 e. The van der Waals surface area contributed by atoms with Crippen LogP contribution in [0.1, 0.15) is 24.8 Å². The summed E-state index contributed by atoms with van der Waals surface area (Å²) in [5, 5.41) is 3.24. The lowest BCUT2D eigenvalue weighted by Gasteiger charge is -2.16. The van der Waals surface area contributed by atoms with Gasteiger partial charge in [0.25, 0.3) is 0 Å². The maximum atomic E-state index is 11.9. The molecule has 2 rings (SSSR count). The fourth-order valence-electron chi connectivity index (χ4n) is 2.35. The molecule has 1 saturated heterocycles. The average molecular weight is 356 g/mol. The second kappa shape index (κ2) is 7.04. The van der Waals surface area contributed by atoms with Crippen LogP contribution in [0.5, 0.6) is 0 Å². The van der Waals surface area contributed by atoms with Gasteiger partial charge >= 0.3 is 0 Å². The molecule has 1 aliphatic rings. The van der Waals surface area contributed by atoms with E-state index in [2.05, 4.69) is 21.2 Å². The molecule has 1 aromatic carbocycles. The van der Waals surface area contributed by atoms with Gasteiger partial charge in [0, 0.05) is 41.8 Å². The van der Waals surface area contributed by atoms with Gasteiger partial charge in [0.2, 0.25) is 5.91 Å². The number of anilines is 1. The number of nitrogens with two attached hydrogens (primary N) is 1. The molecule has 1 fully saturated rings. The summed E-state index contributed by atoms with van der Waals surface area (Å²) in [5.74, 6) is 0.210. The minimum Gasteiger partial charge on any atom is -0.389 e. The Hall–Kier alpha value is -1.14. The normalized spacial score (nSPS) is 14.3. The second-order valence-corrected chi connectivity index (χ2v) is 6.09. The molecule has 0 spiro atoms. The van der Waals surface area contributed by atoms with Crippen LogP contribution >= 0.6 is 28.1 Å². The van der Waals surface area contributed by atoms with E-state index in [1.807, 2.05) is 23.1 Å². The number of thiocarbonyl (C=S) groups is 1. The van der Waals surface area contributed by atoms with Crippen molar-refractivity contribution >= 4 is 44.7 Å². The molecule has 4 nitrogen and oxygen atoms in total. The molecule has 1 aromatic rings. The van der Waals surface area contributed by atoms with Gasteiger partial charge in [0.05, 0.1) is 0 Å². The van der Waals surface area contributed by atoms with Gasteiger partial charge < -0.3 is 16.0 Å². The Balaban J connectivity index is 1.92. The third-order valence-electron chi connectivity index (χ3n) is 3.37. The highest BCUT2D eigenvalue weighted by molar-refractivity contribution is 9.10. The summed E-state index contributed by atoms with van der Waals surface area (Å²) >= 11 is 8.50. The van der Waals surface area contributed by atoms with Crippen LogP contribution in [-0.2, 0) is 4.79 Å². The topological polar surface area (TPSA) is 58.4 Å². The second-order valence-electron chi connectivity index (χ2n) is 4.79. The van der Waals surface area contributed by atoms with Gasteiger partial charge in [-0.25, -0.2) is 0 Å². The standard InChI is InChI=1S/C14H18BrN3OS/c15-10-4-3-5-11(13(10)14(16)20)17-7-6-12(19)18-8-1-2-9-18/h3-5,17H,1-2,6-9H2,(H2,16,20). The number of hydrogen-bond donors (Lipinski definition) is 2. The monoisotopic (exact) mass is 355 g/mol. The largest absolute Gasteiger partial charge is 0.389 e. The first-order chi connectivity index (χ1) is 9.59. The predicted molar refractivity (Wildman–Crippen MR) is 89.0 cm³/mol. The van der Waals surface area contributed by atoms with Gasteiger partial charge in [-0.05, 0) is 40.9 Å². The van der Waals surface area contributed by atoms with E-state index in [1.54, 1.807) is 0 Å². The Morgan fingerprint density at radius 1 is 1.40 bits per heavy atom. The van der Waals surface area contributed by atoms with E-state index in [0.29, 0.717) is 18.0 Å². The summed E-state index contributed by atoms with van der Waals surface area (Å²) in [6.07, 6.45) is 2.73. The van der Waals surface area contributed by atoms with Crippen LogP contribution in [0.15, 0.2) is 22.7 Å². The first-order valence-electron chi connectivity index (χ1n) is 6.69. The van der Waals surface area contributed by atoms with Gasteiger partial charge in [-0.1, -0.05) is 18.3 Å². The Labute approximate surface area is 132 Å². The van der Waals surface area contributed by atoms with Crippen LogP contribution in [0, 0.1) is 0 Å². The number of likely N-dealkylation sites (tertiary alicyclic amines) is 1. The number of rotatable bonds is 5. The lowest BCUT2D eigenvalue weighted by molar-refractivity contribution is -0.129. The van der Waals surface area contributed by atoms with Gasteiger partial charge in [-0.15, -0.1) is 0 Å². The van der Waals surface area contributed by atoms with Crippen molar-refractivity contribution in [3.05, 3.63) is 28.2 Å². The zero-order chi connectivity index (χ0) is 14.5. The van der Waals surface area contributed by atoms with Crippen LogP contribution in [-0.4, -0.2) is 35.4 Å². The summed E-state index contributed by atoms with van der Waals surface area (Å²) < 4.78 is 0.862. The highest BCUT2D eigenvalue weighted by Crippen LogP contribution is 2.24. The highest BCUT2D eigenvalue weighted by Gasteiger charge is 2.17. The van der Waals surface area contributed by atoms with E-state index in [-0.39, 0.29) is 5.91 Å². The van der Waals surface area contributed by atoms with Crippen LogP contribution < -0.4 is 11.1 Å². The van der Waals surface area contributed by atoms with E-state index in [1.165, 1.54) is 0 Å². The van der Waals surface area contributed by atoms with Gasteiger partial charge in [0.15, 0.2) is 0 Å². The SMILES string of the molecule is NC(=S)c1c(Br)cccc1NCCC(=O)N1CCCC1. The minimum absolute atomic E-state index is 0.210. The molecule has 1 aliphatic heterocycles. The lowest BCUT2D eigenvalue weighted by Crippen LogP contribution is -2.29. The number of carbonyl (C=O) groups is 1. The fourth-order valence-corrected chi connectivity index (χ4v) is 3.28. The van der Waals surface area contributed by atoms with Crippen molar-refractivity contribution in [3.63, 3.8) is 0 Å². The van der Waals surface area contributed by atoms with Crippen molar-refractivity contribution in [1.82, 2.24) is 4.90 Å². The summed E-state index contributed by atoms with van der Waals surface area (Å²) in [4.78, 5) is 14.2. The van der Waals surface area contributed by atoms with Crippen LogP contribution in [0.3, 0.4) is 0 Å². The molecule has 1 heterocycles. The molecule has 3 N–H and O–H groups in total. The minimum atomic E-state index is 0.210. The number of nitrogens with one attached hydrogen (secondary N) is 1. The quantitative estimate of drug-likeness (QED) is 0.796. The molecule has 0 unspecified atom stereocenters. The van der Waals surface area contributed by atoms with Crippen molar-refractivity contribution in [3.8, 4) is 0 Å². The van der Waals surface area contributed by atoms with Crippen LogP contribution in [0.2, 0.25) is 0 Å². The highest BCUT2D eigenvalue weighted by atomic mass is 79.9. The van der Waals surface area contributed by atoms with Crippen LogP contribution in [0.4, 0.5) is 5.69 Å². The van der Waals surface area contributed by atoms with Crippen molar-refractivity contribution in [2.45, 2.75) is 19.3 Å². The third kappa shape index (κ3) is 3.70. The molecule has 108 valence electrons. The molecule has 0 atom stereocenters. The molecule has 6 heteroatoms. The molecule has 0 bridgehead atoms. The van der Waals surface area contributed by atoms with E-state index < -0.39 is 0 Å². The Kier molecular flexibility index (Phi) is 5.37. The van der Waals surface area contributed by atoms with Gasteiger partial charge in [0.1, 0.15) is 4.99 Å². The summed E-state index contributed by atoms with van der Waals surface area (Å²) in [6, 6.07) is 5.73. The summed E-state index contributed by atoms with van der Waals surface area (Å²) in [6.45, 7) is 2.38. The van der Waals surface area contributed by atoms with Crippen molar-refractivity contribution in [2.75, 3.05) is 25.0 Å². The number of benzene rings is 1. The molecule has 20 heavy (non-hydrogen) atoms. The van der Waals surface area contributed by atoms with E-state index >= 15 is 0 Å². The zero-order valence-corrected chi connectivity index (χ0v) is 13.6. The third-order valence-corrected chi connectivity index (χ3v) is 4.24. The zero-order valence-electron chi connectivity index (χ0n) is 11.2. The maximum Gasteiger partial charge on any atom is 0.224 e. The molecular weight excluding hydrogens is 338 g/mol. The van der Waals surface area contributed by atoms with Crippen molar-refractivity contribution < 1.29 is 4.79 Å². The van der Waals surface area contributed by atoms with Gasteiger partial charge in [-0.2, -0.15) is 0 Å². The Bertz CT molecular complexity index is 515. The van der Waals surface area contributed by atoms with E-state index in [0.717, 1.165) is 41.7 Å². The molecular formula is C14H18BrN3OS. The van der Waals surface area contributed by atoms with Crippen molar-refractivity contribution in [2.24, 2.45) is 5.73 Å². The first kappa shape index (κ1) is 15.3. The Morgan fingerprint density at radius 2 is 2.10 bits per heavy atom. The summed E-state index contributed by atoms with van der Waals surface area (Å²) in [5.41, 5.74) is 7.38. The van der Waals surface area contributed by atoms with Gasteiger partial charge in [-0.3, -0.25) is 4.79 Å². The molecule has 0 saturated carbocycles. The first-order valence-corrected chi connectivity index (χ1v) is 7.89. The molecule has 0 aromatic heterocycles. The average Bonchev–Trinajstić information content (AvgIpc) is 2.92. The number of hydrogen-bond acceptors (Lipinski definition) is 3. The predicted octanol–water partition coefficient (Wildman–Crippen LogP) is 2.51. The van der Waals surface area contributed by atoms with Crippen LogP contribution in [0.25, 0.3) is 0 Å². The van der Waals surface area contributed by atoms with Crippen molar-refractivity contribution in [1.29, 1.82) is 0 Å². The summed E-state index contributed by atoms with van der Waals surface area (Å²) in [7, 11) is 0.